The number of nitrogens with one attached hydrogen (secondary N) is 1. The van der Waals surface area contributed by atoms with Crippen molar-refractivity contribution in [3.8, 4) is 0 Å². The van der Waals surface area contributed by atoms with Crippen LogP contribution >= 0.6 is 0 Å². The molecule has 1 heterocycles. The van der Waals surface area contributed by atoms with Crippen molar-refractivity contribution >= 4 is 0 Å². The van der Waals surface area contributed by atoms with Crippen molar-refractivity contribution in [2.24, 2.45) is 0 Å². The van der Waals surface area contributed by atoms with Crippen LogP contribution in [0.2, 0.25) is 0 Å². The normalized spacial score (nSPS) is 11.3. The predicted molar refractivity (Wildman–Crippen MR) is 83.2 cm³/mol. The number of aromatic nitrogens is 2. The molecule has 1 rings (SSSR count). The topological polar surface area (TPSA) is 47.0 Å². The zero-order valence-corrected chi connectivity index (χ0v) is 13.6. The highest BCUT2D eigenvalue weighted by atomic mass is 16.5. The van der Waals surface area contributed by atoms with Gasteiger partial charge in [0.25, 0.3) is 0 Å². The van der Waals surface area contributed by atoms with Crippen molar-refractivity contribution in [3.05, 3.63) is 22.8 Å². The summed E-state index contributed by atoms with van der Waals surface area (Å²) in [5, 5.41) is 3.47. The first-order chi connectivity index (χ1) is 9.62. The van der Waals surface area contributed by atoms with E-state index in [1.54, 1.807) is 7.11 Å². The van der Waals surface area contributed by atoms with E-state index in [-0.39, 0.29) is 0 Å². The van der Waals surface area contributed by atoms with Gasteiger partial charge in [-0.2, -0.15) is 0 Å². The van der Waals surface area contributed by atoms with Crippen molar-refractivity contribution in [3.63, 3.8) is 0 Å². The first kappa shape index (κ1) is 17.1. The van der Waals surface area contributed by atoms with Gasteiger partial charge in [0.15, 0.2) is 0 Å². The van der Waals surface area contributed by atoms with E-state index >= 15 is 0 Å². The van der Waals surface area contributed by atoms with E-state index in [1.807, 2.05) is 0 Å². The summed E-state index contributed by atoms with van der Waals surface area (Å²) in [5.41, 5.74) is 3.74. The van der Waals surface area contributed by atoms with Gasteiger partial charge in [0.1, 0.15) is 5.82 Å². The van der Waals surface area contributed by atoms with E-state index < -0.39 is 0 Å². The molecule has 0 aliphatic heterocycles. The van der Waals surface area contributed by atoms with Crippen LogP contribution in [-0.2, 0) is 30.4 Å². The number of aryl methyl sites for hydroxylation is 2. The van der Waals surface area contributed by atoms with E-state index in [0.29, 0.717) is 12.6 Å². The third-order valence-corrected chi connectivity index (χ3v) is 3.35. The van der Waals surface area contributed by atoms with Crippen molar-refractivity contribution in [1.82, 2.24) is 15.3 Å². The minimum absolute atomic E-state index is 0.520. The van der Waals surface area contributed by atoms with Crippen LogP contribution in [0.4, 0.5) is 0 Å². The second kappa shape index (κ2) is 9.03. The Morgan fingerprint density at radius 1 is 1.05 bits per heavy atom. The zero-order valence-electron chi connectivity index (χ0n) is 13.6. The highest BCUT2D eigenvalue weighted by Gasteiger charge is 2.12. The maximum atomic E-state index is 5.12. The number of hydrogen-bond donors (Lipinski definition) is 1. The third kappa shape index (κ3) is 5.17. The van der Waals surface area contributed by atoms with Crippen LogP contribution in [0.25, 0.3) is 0 Å². The fourth-order valence-electron chi connectivity index (χ4n) is 2.30. The maximum absolute atomic E-state index is 5.12. The van der Waals surface area contributed by atoms with Crippen molar-refractivity contribution in [2.75, 3.05) is 20.3 Å². The summed E-state index contributed by atoms with van der Waals surface area (Å²) in [6.45, 7) is 10.3. The zero-order chi connectivity index (χ0) is 15.0. The van der Waals surface area contributed by atoms with Crippen LogP contribution < -0.4 is 5.32 Å². The molecule has 0 aliphatic carbocycles. The Morgan fingerprint density at radius 3 is 2.10 bits per heavy atom. The van der Waals surface area contributed by atoms with Gasteiger partial charge >= 0.3 is 0 Å². The SMILES string of the molecule is CCc1nc(CCOC)nc(CC)c1CCNC(C)C. The lowest BCUT2D eigenvalue weighted by molar-refractivity contribution is 0.200. The number of rotatable bonds is 9. The van der Waals surface area contributed by atoms with E-state index in [1.165, 1.54) is 17.0 Å². The molecule has 0 spiro atoms. The van der Waals surface area contributed by atoms with Gasteiger partial charge in [-0.15, -0.1) is 0 Å². The summed E-state index contributed by atoms with van der Waals surface area (Å²) >= 11 is 0. The molecule has 0 atom stereocenters. The number of methoxy groups -OCH3 is 1. The first-order valence-corrected chi connectivity index (χ1v) is 7.72. The average molecular weight is 279 g/mol. The molecule has 0 unspecified atom stereocenters. The first-order valence-electron chi connectivity index (χ1n) is 7.72. The molecule has 0 fully saturated rings. The minimum Gasteiger partial charge on any atom is -0.384 e. The van der Waals surface area contributed by atoms with Gasteiger partial charge in [0.2, 0.25) is 0 Å². The number of hydrogen-bond acceptors (Lipinski definition) is 4. The molecule has 20 heavy (non-hydrogen) atoms. The minimum atomic E-state index is 0.520. The predicted octanol–water partition coefficient (Wildman–Crippen LogP) is 2.33. The average Bonchev–Trinajstić information content (AvgIpc) is 2.44. The maximum Gasteiger partial charge on any atom is 0.131 e. The van der Waals surface area contributed by atoms with Crippen LogP contribution in [0.5, 0.6) is 0 Å². The molecule has 0 aliphatic rings. The largest absolute Gasteiger partial charge is 0.384 e. The molecule has 0 bridgehead atoms. The molecule has 114 valence electrons. The Kier molecular flexibility index (Phi) is 7.70. The third-order valence-electron chi connectivity index (χ3n) is 3.35. The van der Waals surface area contributed by atoms with Crippen LogP contribution in [0.1, 0.15) is 50.5 Å². The molecule has 1 aromatic rings. The van der Waals surface area contributed by atoms with E-state index in [2.05, 4.69) is 33.0 Å². The second-order valence-corrected chi connectivity index (χ2v) is 5.32. The van der Waals surface area contributed by atoms with Gasteiger partial charge in [-0.25, -0.2) is 9.97 Å². The fourth-order valence-corrected chi connectivity index (χ4v) is 2.30. The Morgan fingerprint density at radius 2 is 1.65 bits per heavy atom. The lowest BCUT2D eigenvalue weighted by Crippen LogP contribution is -2.26. The number of nitrogens with zero attached hydrogens (tertiary/aromatic N) is 2. The second-order valence-electron chi connectivity index (χ2n) is 5.32. The van der Waals surface area contributed by atoms with Gasteiger partial charge in [0, 0.05) is 31.0 Å². The standard InChI is InChI=1S/C16H29N3O/c1-6-14-13(8-10-17-12(3)4)15(7-2)19-16(18-14)9-11-20-5/h12,17H,6-11H2,1-5H3. The lowest BCUT2D eigenvalue weighted by atomic mass is 10.0. The van der Waals surface area contributed by atoms with E-state index in [0.717, 1.165) is 38.1 Å². The van der Waals surface area contributed by atoms with Gasteiger partial charge < -0.3 is 10.1 Å². The molecule has 0 radical (unpaired) electrons. The van der Waals surface area contributed by atoms with Crippen LogP contribution in [0.15, 0.2) is 0 Å². The molecule has 0 saturated carbocycles. The van der Waals surface area contributed by atoms with Crippen LogP contribution in [-0.4, -0.2) is 36.3 Å². The highest BCUT2D eigenvalue weighted by molar-refractivity contribution is 5.27. The summed E-state index contributed by atoms with van der Waals surface area (Å²) in [5.74, 6) is 0.918. The fraction of sp³-hybridized carbons (Fsp3) is 0.750. The molecule has 4 heteroatoms. The summed E-state index contributed by atoms with van der Waals surface area (Å²) in [6.07, 6.45) is 3.73. The smallest absolute Gasteiger partial charge is 0.131 e. The summed E-state index contributed by atoms with van der Waals surface area (Å²) in [7, 11) is 1.72. The molecule has 0 aromatic carbocycles. The molecular weight excluding hydrogens is 250 g/mol. The summed E-state index contributed by atoms with van der Waals surface area (Å²) < 4.78 is 5.12. The molecule has 1 aromatic heterocycles. The monoisotopic (exact) mass is 279 g/mol. The molecular formula is C16H29N3O. The lowest BCUT2D eigenvalue weighted by Gasteiger charge is -2.15. The molecule has 4 nitrogen and oxygen atoms in total. The molecule has 0 saturated heterocycles. The Balaban J connectivity index is 2.90. The van der Waals surface area contributed by atoms with Gasteiger partial charge in [0.05, 0.1) is 6.61 Å². The van der Waals surface area contributed by atoms with E-state index in [9.17, 15) is 0 Å². The van der Waals surface area contributed by atoms with Crippen molar-refractivity contribution in [1.29, 1.82) is 0 Å². The summed E-state index contributed by atoms with van der Waals surface area (Å²) in [4.78, 5) is 9.43. The highest BCUT2D eigenvalue weighted by Crippen LogP contribution is 2.14. The Bertz CT molecular complexity index is 380. The quantitative estimate of drug-likeness (QED) is 0.753. The van der Waals surface area contributed by atoms with Gasteiger partial charge in [-0.1, -0.05) is 27.7 Å². The molecule has 1 N–H and O–H groups in total. The Hall–Kier alpha value is -1.00. The summed E-state index contributed by atoms with van der Waals surface area (Å²) in [6, 6.07) is 0.520. The van der Waals surface area contributed by atoms with Crippen molar-refractivity contribution < 1.29 is 4.74 Å². The number of ether oxygens (including phenoxy) is 1. The van der Waals surface area contributed by atoms with Gasteiger partial charge in [-0.05, 0) is 31.4 Å². The molecule has 0 amide bonds. The van der Waals surface area contributed by atoms with Crippen LogP contribution in [0.3, 0.4) is 0 Å². The van der Waals surface area contributed by atoms with Gasteiger partial charge in [-0.3, -0.25) is 0 Å². The Labute approximate surface area is 123 Å². The van der Waals surface area contributed by atoms with Crippen molar-refractivity contribution in [2.45, 2.75) is 59.4 Å². The van der Waals surface area contributed by atoms with Crippen LogP contribution in [0, 0.1) is 0 Å². The van der Waals surface area contributed by atoms with E-state index in [4.69, 9.17) is 14.7 Å².